The molecule has 174 valence electrons. The first kappa shape index (κ1) is 23.8. The van der Waals surface area contributed by atoms with E-state index >= 15 is 0 Å². The fourth-order valence-electron chi connectivity index (χ4n) is 3.78. The van der Waals surface area contributed by atoms with Gasteiger partial charge in [-0.25, -0.2) is 9.78 Å². The Morgan fingerprint density at radius 1 is 1.21 bits per heavy atom. The number of rotatable bonds is 11. The number of aromatic hydroxyl groups is 1. The predicted molar refractivity (Wildman–Crippen MR) is 123 cm³/mol. The number of imidazole rings is 1. The summed E-state index contributed by atoms with van der Waals surface area (Å²) in [5.41, 5.74) is 3.64. The van der Waals surface area contributed by atoms with Gasteiger partial charge in [-0.3, -0.25) is 9.59 Å². The molecule has 1 unspecified atom stereocenters. The molecule has 1 aromatic heterocycles. The first-order valence-electron chi connectivity index (χ1n) is 10.7. The van der Waals surface area contributed by atoms with E-state index in [9.17, 15) is 19.5 Å². The summed E-state index contributed by atoms with van der Waals surface area (Å²) < 4.78 is 6.86. The summed E-state index contributed by atoms with van der Waals surface area (Å²) in [5, 5.41) is 14.8. The van der Waals surface area contributed by atoms with E-state index in [0.29, 0.717) is 25.9 Å². The zero-order valence-electron chi connectivity index (χ0n) is 18.7. The predicted octanol–water partition coefficient (Wildman–Crippen LogP) is 1.63. The summed E-state index contributed by atoms with van der Waals surface area (Å²) in [5.74, 6) is 0.0129. The van der Waals surface area contributed by atoms with Crippen molar-refractivity contribution in [1.82, 2.24) is 20.2 Å². The van der Waals surface area contributed by atoms with E-state index < -0.39 is 12.0 Å². The monoisotopic (exact) mass is 452 g/mol. The second kappa shape index (κ2) is 11.1. The van der Waals surface area contributed by atoms with Crippen LogP contribution in [0.25, 0.3) is 11.0 Å². The molecule has 1 heterocycles. The lowest BCUT2D eigenvalue weighted by atomic mass is 10.1. The van der Waals surface area contributed by atoms with Crippen molar-refractivity contribution in [3.05, 3.63) is 59.4 Å². The zero-order chi connectivity index (χ0) is 23.8. The quantitative estimate of drug-likeness (QED) is 0.231. The first-order valence-corrected chi connectivity index (χ1v) is 10.7. The molecule has 0 aliphatic heterocycles. The van der Waals surface area contributed by atoms with Crippen LogP contribution >= 0.6 is 0 Å². The van der Waals surface area contributed by atoms with Crippen molar-refractivity contribution in [2.45, 2.75) is 38.8 Å². The number of benzene rings is 2. The molecule has 0 fully saturated rings. The average molecular weight is 453 g/mol. The van der Waals surface area contributed by atoms with Crippen molar-refractivity contribution in [2.75, 3.05) is 13.7 Å². The van der Waals surface area contributed by atoms with E-state index in [1.165, 1.54) is 19.2 Å². The standard InChI is InChI=1S/C24H28N4O5/c1-16-4-3-5-19-23(16)28(13-12-25-15-29)21(26-19)10-11-22(31)27-20(24(32)33-2)14-17-6-8-18(30)9-7-17/h3-9,15,20,30H,10-14H2,1-2H3,(H,25,29)(H,27,31). The fourth-order valence-corrected chi connectivity index (χ4v) is 3.78. The number of esters is 1. The second-order valence-corrected chi connectivity index (χ2v) is 7.71. The number of amides is 2. The van der Waals surface area contributed by atoms with Crippen molar-refractivity contribution in [1.29, 1.82) is 0 Å². The molecule has 9 heteroatoms. The van der Waals surface area contributed by atoms with Gasteiger partial charge in [0.2, 0.25) is 12.3 Å². The average Bonchev–Trinajstić information content (AvgIpc) is 3.17. The summed E-state index contributed by atoms with van der Waals surface area (Å²) in [6.45, 7) is 2.97. The lowest BCUT2D eigenvalue weighted by Gasteiger charge is -2.17. The fraction of sp³-hybridized carbons (Fsp3) is 0.333. The van der Waals surface area contributed by atoms with Gasteiger partial charge >= 0.3 is 5.97 Å². The lowest BCUT2D eigenvalue weighted by molar-refractivity contribution is -0.145. The maximum Gasteiger partial charge on any atom is 0.328 e. The number of aromatic nitrogens is 2. The van der Waals surface area contributed by atoms with Gasteiger partial charge in [-0.2, -0.15) is 0 Å². The Kier molecular flexibility index (Phi) is 8.01. The van der Waals surface area contributed by atoms with Crippen LogP contribution in [-0.2, 0) is 38.5 Å². The molecule has 0 aliphatic rings. The van der Waals surface area contributed by atoms with Crippen molar-refractivity contribution in [3.8, 4) is 5.75 Å². The van der Waals surface area contributed by atoms with Gasteiger partial charge in [-0.05, 0) is 36.2 Å². The Labute approximate surface area is 191 Å². The number of fused-ring (bicyclic) bond motifs is 1. The molecule has 9 nitrogen and oxygen atoms in total. The number of hydrogen-bond acceptors (Lipinski definition) is 6. The molecule has 2 aromatic carbocycles. The van der Waals surface area contributed by atoms with Crippen LogP contribution in [0.1, 0.15) is 23.4 Å². The summed E-state index contributed by atoms with van der Waals surface area (Å²) in [7, 11) is 1.27. The largest absolute Gasteiger partial charge is 0.508 e. The van der Waals surface area contributed by atoms with Gasteiger partial charge in [0.05, 0.1) is 18.1 Å². The molecule has 0 radical (unpaired) electrons. The molecular weight excluding hydrogens is 424 g/mol. The maximum absolute atomic E-state index is 12.7. The van der Waals surface area contributed by atoms with Crippen LogP contribution in [0.2, 0.25) is 0 Å². The molecule has 0 bridgehead atoms. The van der Waals surface area contributed by atoms with E-state index in [4.69, 9.17) is 4.74 Å². The SMILES string of the molecule is COC(=O)C(Cc1ccc(O)cc1)NC(=O)CCc1nc2cccc(C)c2n1CCNC=O. The molecule has 1 atom stereocenters. The number of carbonyl (C=O) groups excluding carboxylic acids is 3. The van der Waals surface area contributed by atoms with Gasteiger partial charge in [0, 0.05) is 32.4 Å². The first-order chi connectivity index (χ1) is 15.9. The number of phenols is 1. The topological polar surface area (TPSA) is 123 Å². The summed E-state index contributed by atoms with van der Waals surface area (Å²) in [6.07, 6.45) is 1.40. The van der Waals surface area contributed by atoms with Crippen LogP contribution in [0.4, 0.5) is 0 Å². The third-order valence-electron chi connectivity index (χ3n) is 5.38. The van der Waals surface area contributed by atoms with Crippen LogP contribution in [0.3, 0.4) is 0 Å². The lowest BCUT2D eigenvalue weighted by Crippen LogP contribution is -2.43. The van der Waals surface area contributed by atoms with Crippen LogP contribution in [0, 0.1) is 6.92 Å². The number of nitrogens with zero attached hydrogens (tertiary/aromatic N) is 2. The maximum atomic E-state index is 12.7. The highest BCUT2D eigenvalue weighted by Crippen LogP contribution is 2.21. The molecule has 0 saturated heterocycles. The van der Waals surface area contributed by atoms with Gasteiger partial charge in [-0.1, -0.05) is 24.3 Å². The van der Waals surface area contributed by atoms with Crippen molar-refractivity contribution in [2.24, 2.45) is 0 Å². The molecule has 0 saturated carbocycles. The van der Waals surface area contributed by atoms with E-state index in [-0.39, 0.29) is 24.5 Å². The number of carbonyl (C=O) groups is 3. The number of para-hydroxylation sites is 1. The number of aryl methyl sites for hydroxylation is 2. The van der Waals surface area contributed by atoms with E-state index in [1.54, 1.807) is 12.1 Å². The number of methoxy groups -OCH3 is 1. The van der Waals surface area contributed by atoms with E-state index in [1.807, 2.05) is 29.7 Å². The molecule has 33 heavy (non-hydrogen) atoms. The molecule has 3 N–H and O–H groups in total. The van der Waals surface area contributed by atoms with E-state index in [2.05, 4.69) is 15.6 Å². The number of phenolic OH excluding ortho intramolecular Hbond substituents is 1. The van der Waals surface area contributed by atoms with Crippen molar-refractivity contribution in [3.63, 3.8) is 0 Å². The molecule has 2 amide bonds. The molecule has 0 aliphatic carbocycles. The highest BCUT2D eigenvalue weighted by molar-refractivity contribution is 5.85. The Bertz CT molecular complexity index is 1120. The molecule has 3 aromatic rings. The molecule has 0 spiro atoms. The number of hydrogen-bond donors (Lipinski definition) is 3. The minimum Gasteiger partial charge on any atom is -0.508 e. The summed E-state index contributed by atoms with van der Waals surface area (Å²) >= 11 is 0. The Morgan fingerprint density at radius 3 is 2.67 bits per heavy atom. The minimum atomic E-state index is -0.843. The summed E-state index contributed by atoms with van der Waals surface area (Å²) in [6, 6.07) is 11.4. The van der Waals surface area contributed by atoms with Crippen LogP contribution < -0.4 is 10.6 Å². The van der Waals surface area contributed by atoms with Gasteiger partial charge in [0.25, 0.3) is 0 Å². The van der Waals surface area contributed by atoms with Gasteiger partial charge < -0.3 is 25.0 Å². The van der Waals surface area contributed by atoms with Gasteiger partial charge in [0.15, 0.2) is 0 Å². The number of ether oxygens (including phenoxy) is 1. The normalized spacial score (nSPS) is 11.7. The highest BCUT2D eigenvalue weighted by Gasteiger charge is 2.22. The Morgan fingerprint density at radius 2 is 1.97 bits per heavy atom. The zero-order valence-corrected chi connectivity index (χ0v) is 18.7. The van der Waals surface area contributed by atoms with E-state index in [0.717, 1.165) is 28.0 Å². The third kappa shape index (κ3) is 6.09. The van der Waals surface area contributed by atoms with Crippen molar-refractivity contribution < 1.29 is 24.2 Å². The minimum absolute atomic E-state index is 0.124. The number of nitrogens with one attached hydrogen (secondary N) is 2. The van der Waals surface area contributed by atoms with Gasteiger partial charge in [0.1, 0.15) is 17.6 Å². The Balaban J connectivity index is 1.71. The van der Waals surface area contributed by atoms with Gasteiger partial charge in [-0.15, -0.1) is 0 Å². The van der Waals surface area contributed by atoms with Crippen LogP contribution in [-0.4, -0.2) is 52.6 Å². The third-order valence-corrected chi connectivity index (χ3v) is 5.38. The highest BCUT2D eigenvalue weighted by atomic mass is 16.5. The van der Waals surface area contributed by atoms with Crippen molar-refractivity contribution >= 4 is 29.3 Å². The Hall–Kier alpha value is -3.88. The molecular formula is C24H28N4O5. The molecule has 3 rings (SSSR count). The van der Waals surface area contributed by atoms with Crippen LogP contribution in [0.15, 0.2) is 42.5 Å². The summed E-state index contributed by atoms with van der Waals surface area (Å²) in [4.78, 5) is 40.2. The van der Waals surface area contributed by atoms with Crippen LogP contribution in [0.5, 0.6) is 5.75 Å². The smallest absolute Gasteiger partial charge is 0.328 e. The second-order valence-electron chi connectivity index (χ2n) is 7.71.